The van der Waals surface area contributed by atoms with E-state index in [4.69, 9.17) is 21.0 Å². The van der Waals surface area contributed by atoms with Crippen LogP contribution in [0.25, 0.3) is 0 Å². The summed E-state index contributed by atoms with van der Waals surface area (Å²) in [6, 6.07) is 0. The number of hydrogen-bond donors (Lipinski definition) is 0. The third-order valence-electron chi connectivity index (χ3n) is 0.278. The molecule has 0 aliphatic heterocycles. The van der Waals surface area contributed by atoms with Crippen LogP contribution in [0.2, 0.25) is 0 Å². The molecule has 18 heteroatoms. The van der Waals surface area contributed by atoms with E-state index in [1.165, 1.54) is 0 Å². The Labute approximate surface area is 170 Å². The van der Waals surface area contributed by atoms with Crippen LogP contribution in [0.1, 0.15) is 0 Å². The van der Waals surface area contributed by atoms with E-state index in [9.17, 15) is 0 Å². The third kappa shape index (κ3) is 36.2. The van der Waals surface area contributed by atoms with Crippen molar-refractivity contribution >= 4 is 91.0 Å². The van der Waals surface area contributed by atoms with Crippen molar-refractivity contribution in [2.24, 2.45) is 0 Å². The maximum atomic E-state index is 8.79. The first-order valence-electron chi connectivity index (χ1n) is 2.33. The average molecular weight is 431 g/mol. The van der Waals surface area contributed by atoms with Crippen molar-refractivity contribution in [2.75, 3.05) is 0 Å². The first-order valence-corrected chi connectivity index (χ1v) is 2.33. The SMILES string of the molecule is [O-]OOOOOO[O-].[O-]OOOOOO[O-].[Sr+2].[Sr+2]. The molecule has 0 atom stereocenters. The summed E-state index contributed by atoms with van der Waals surface area (Å²) < 4.78 is 0. The van der Waals surface area contributed by atoms with Gasteiger partial charge in [-0.15, -0.1) is 0 Å². The molecule has 0 aromatic carbocycles. The number of rotatable bonds is 10. The van der Waals surface area contributed by atoms with Gasteiger partial charge in [-0.2, -0.15) is 0 Å². The minimum atomic E-state index is 0. The monoisotopic (exact) mass is 432 g/mol. The molecule has 0 aliphatic rings. The van der Waals surface area contributed by atoms with Crippen LogP contribution in [0, 0.1) is 0 Å². The van der Waals surface area contributed by atoms with Crippen molar-refractivity contribution in [1.29, 1.82) is 0 Å². The Kier molecular flexibility index (Phi) is 50.0. The molecule has 16 nitrogen and oxygen atoms in total. The van der Waals surface area contributed by atoms with Crippen molar-refractivity contribution in [3.8, 4) is 0 Å². The van der Waals surface area contributed by atoms with E-state index in [2.05, 4.69) is 60.5 Å². The molecule has 0 N–H and O–H groups in total. The predicted octanol–water partition coefficient (Wildman–Crippen LogP) is -6.34. The Morgan fingerprint density at radius 2 is 0.500 bits per heavy atom. The van der Waals surface area contributed by atoms with E-state index >= 15 is 0 Å². The van der Waals surface area contributed by atoms with E-state index in [1.807, 2.05) is 0 Å². The first-order chi connectivity index (χ1) is 7.83. The molecule has 0 aromatic rings. The van der Waals surface area contributed by atoms with Crippen LogP contribution in [-0.4, -0.2) is 91.0 Å². The second-order valence-corrected chi connectivity index (χ2v) is 0.816. The van der Waals surface area contributed by atoms with E-state index in [1.54, 1.807) is 0 Å². The van der Waals surface area contributed by atoms with Crippen LogP contribution in [0.5, 0.6) is 0 Å². The van der Waals surface area contributed by atoms with Crippen LogP contribution >= 0.6 is 0 Å². The van der Waals surface area contributed by atoms with E-state index < -0.39 is 0 Å². The van der Waals surface area contributed by atoms with Gasteiger partial charge in [-0.25, -0.2) is 0 Å². The van der Waals surface area contributed by atoms with Gasteiger partial charge in [-0.1, -0.05) is 0 Å². The summed E-state index contributed by atoms with van der Waals surface area (Å²) in [6.45, 7) is 0. The van der Waals surface area contributed by atoms with Gasteiger partial charge >= 0.3 is 91.0 Å². The Morgan fingerprint density at radius 3 is 0.611 bits per heavy atom. The van der Waals surface area contributed by atoms with Crippen LogP contribution in [-0.2, 0) is 60.5 Å². The molecule has 0 bridgehead atoms. The first kappa shape index (κ1) is 28.5. The van der Waals surface area contributed by atoms with E-state index in [0.717, 1.165) is 0 Å². The molecular formula is O16Sr2. The Balaban J connectivity index is -0.0000000980. The van der Waals surface area contributed by atoms with Gasteiger partial charge in [0.05, 0.1) is 0 Å². The van der Waals surface area contributed by atoms with E-state index in [0.29, 0.717) is 0 Å². The second kappa shape index (κ2) is 31.6. The zero-order valence-corrected chi connectivity index (χ0v) is 14.9. The normalized spacial score (nSPS) is 8.67. The fourth-order valence-corrected chi connectivity index (χ4v) is 0.0907. The topological polar surface area (TPSA) is 203 Å². The van der Waals surface area contributed by atoms with Crippen LogP contribution < -0.4 is 21.0 Å². The predicted molar refractivity (Wildman–Crippen MR) is 24.5 cm³/mol. The van der Waals surface area contributed by atoms with Crippen molar-refractivity contribution < 1.29 is 81.5 Å². The third-order valence-corrected chi connectivity index (χ3v) is 0.278. The Morgan fingerprint density at radius 1 is 0.333 bits per heavy atom. The van der Waals surface area contributed by atoms with Gasteiger partial charge in [0.1, 0.15) is 0 Å². The zero-order chi connectivity index (χ0) is 12.5. The summed E-state index contributed by atoms with van der Waals surface area (Å²) in [4.78, 5) is 0. The molecule has 0 rings (SSSR count). The molecule has 0 unspecified atom stereocenters. The molecule has 100 valence electrons. The molecular weight excluding hydrogens is 431 g/mol. The van der Waals surface area contributed by atoms with Crippen molar-refractivity contribution in [3.05, 3.63) is 0 Å². The number of hydrogen-bond acceptors (Lipinski definition) is 16. The molecule has 0 spiro atoms. The maximum absolute atomic E-state index is 8.79. The molecule has 0 heterocycles. The zero-order valence-electron chi connectivity index (χ0n) is 7.95. The molecule has 18 heavy (non-hydrogen) atoms. The Hall–Kier alpha value is 2.32. The molecule has 0 aromatic heterocycles. The molecule has 0 radical (unpaired) electrons. The van der Waals surface area contributed by atoms with Crippen molar-refractivity contribution in [3.63, 3.8) is 0 Å². The maximum Gasteiger partial charge on any atom is 2.00 e. The molecule has 0 saturated carbocycles. The minimum Gasteiger partial charge on any atom is -0.689 e. The van der Waals surface area contributed by atoms with Gasteiger partial charge in [0, 0.05) is 0 Å². The smallest absolute Gasteiger partial charge is 0.689 e. The molecule has 0 aliphatic carbocycles. The standard InChI is InChI=1S/2H2O8.2Sr/c2*1-3-5-7-8-6-4-2;;/h2*1-2H;;/q;;2*+2/p-4. The van der Waals surface area contributed by atoms with Gasteiger partial charge in [0.15, 0.2) is 0 Å². The van der Waals surface area contributed by atoms with E-state index in [-0.39, 0.29) is 91.0 Å². The summed E-state index contributed by atoms with van der Waals surface area (Å²) in [5.41, 5.74) is 0. The summed E-state index contributed by atoms with van der Waals surface area (Å²) in [6.07, 6.45) is 0. The van der Waals surface area contributed by atoms with Gasteiger partial charge in [-0.3, -0.25) is 20.2 Å². The largest absolute Gasteiger partial charge is 2.00 e. The second-order valence-electron chi connectivity index (χ2n) is 0.816. The van der Waals surface area contributed by atoms with Crippen LogP contribution in [0.4, 0.5) is 0 Å². The molecule has 0 amide bonds. The van der Waals surface area contributed by atoms with Crippen LogP contribution in [0.3, 0.4) is 0 Å². The summed E-state index contributed by atoms with van der Waals surface area (Å²) >= 11 is 0. The fraction of sp³-hybridized carbons (Fsp3) is 0. The summed E-state index contributed by atoms with van der Waals surface area (Å²) in [5, 5.41) is 70.0. The van der Waals surface area contributed by atoms with Crippen molar-refractivity contribution in [2.45, 2.75) is 0 Å². The van der Waals surface area contributed by atoms with Gasteiger partial charge in [0.25, 0.3) is 0 Å². The average Bonchev–Trinajstić information content (AvgIpc) is 2.31. The Bertz CT molecular complexity index is 71.1. The van der Waals surface area contributed by atoms with Crippen molar-refractivity contribution in [1.82, 2.24) is 0 Å². The molecule has 0 saturated heterocycles. The van der Waals surface area contributed by atoms with Crippen LogP contribution in [0.15, 0.2) is 0 Å². The minimum absolute atomic E-state index is 0. The van der Waals surface area contributed by atoms with Gasteiger partial charge < -0.3 is 21.0 Å². The van der Waals surface area contributed by atoms with Gasteiger partial charge in [0.2, 0.25) is 0 Å². The molecule has 0 fully saturated rings. The summed E-state index contributed by atoms with van der Waals surface area (Å²) in [5.74, 6) is 0. The quantitative estimate of drug-likeness (QED) is 0.136. The van der Waals surface area contributed by atoms with Gasteiger partial charge in [-0.05, 0) is 40.3 Å². The fourth-order valence-electron chi connectivity index (χ4n) is 0.0907. The summed E-state index contributed by atoms with van der Waals surface area (Å²) in [7, 11) is 0.